The van der Waals surface area contributed by atoms with Crippen molar-refractivity contribution < 1.29 is 19.0 Å². The van der Waals surface area contributed by atoms with Crippen LogP contribution in [0.25, 0.3) is 0 Å². The second-order valence-electron chi connectivity index (χ2n) is 4.32. The average molecular weight is 441 g/mol. The number of rotatable bonds is 5. The van der Waals surface area contributed by atoms with Gasteiger partial charge in [0, 0.05) is 6.07 Å². The van der Waals surface area contributed by atoms with Crippen LogP contribution in [0.2, 0.25) is 0 Å². The molecule has 0 saturated heterocycles. The molecular weight excluding hydrogens is 430 g/mol. The molecule has 23 heavy (non-hydrogen) atoms. The van der Waals surface area contributed by atoms with Gasteiger partial charge < -0.3 is 14.2 Å². The van der Waals surface area contributed by atoms with Crippen LogP contribution in [0.4, 0.5) is 0 Å². The van der Waals surface area contributed by atoms with Crippen molar-refractivity contribution in [1.29, 1.82) is 5.26 Å². The van der Waals surface area contributed by atoms with E-state index in [9.17, 15) is 4.79 Å². The number of benzene rings is 2. The van der Waals surface area contributed by atoms with Crippen LogP contribution >= 0.6 is 31.9 Å². The first-order valence-electron chi connectivity index (χ1n) is 6.40. The quantitative estimate of drug-likeness (QED) is 0.517. The fourth-order valence-corrected chi connectivity index (χ4v) is 3.05. The van der Waals surface area contributed by atoms with E-state index < -0.39 is 5.97 Å². The van der Waals surface area contributed by atoms with Gasteiger partial charge in [-0.25, -0.2) is 4.79 Å². The molecule has 0 heterocycles. The minimum atomic E-state index is -0.570. The summed E-state index contributed by atoms with van der Waals surface area (Å²) >= 11 is 6.53. The minimum Gasteiger partial charge on any atom is -0.497 e. The second kappa shape index (κ2) is 7.99. The van der Waals surface area contributed by atoms with E-state index in [1.165, 1.54) is 0 Å². The zero-order chi connectivity index (χ0) is 16.8. The molecule has 0 amide bonds. The third-order valence-corrected chi connectivity index (χ3v) is 3.92. The lowest BCUT2D eigenvalue weighted by molar-refractivity contribution is -0.136. The van der Waals surface area contributed by atoms with Crippen LogP contribution < -0.4 is 14.2 Å². The Bertz CT molecular complexity index is 748. The Morgan fingerprint density at radius 2 is 1.83 bits per heavy atom. The van der Waals surface area contributed by atoms with Crippen LogP contribution in [0.5, 0.6) is 17.2 Å². The topological polar surface area (TPSA) is 68.6 Å². The van der Waals surface area contributed by atoms with Gasteiger partial charge in [0.1, 0.15) is 11.5 Å². The van der Waals surface area contributed by atoms with Gasteiger partial charge in [-0.05, 0) is 56.1 Å². The smallest absolute Gasteiger partial charge is 0.349 e. The number of nitrogens with zero attached hydrogens (tertiary/aromatic N) is 1. The monoisotopic (exact) mass is 439 g/mol. The maximum absolute atomic E-state index is 11.9. The maximum Gasteiger partial charge on any atom is 0.349 e. The molecule has 0 radical (unpaired) electrons. The van der Waals surface area contributed by atoms with Gasteiger partial charge in [-0.2, -0.15) is 5.26 Å². The molecule has 0 atom stereocenters. The lowest BCUT2D eigenvalue weighted by Gasteiger charge is -2.10. The lowest BCUT2D eigenvalue weighted by Crippen LogP contribution is -2.18. The summed E-state index contributed by atoms with van der Waals surface area (Å²) in [4.78, 5) is 11.9. The molecule has 5 nitrogen and oxygen atoms in total. The van der Waals surface area contributed by atoms with Crippen molar-refractivity contribution in [3.05, 3.63) is 50.9 Å². The molecule has 0 unspecified atom stereocenters. The molecule has 2 aromatic carbocycles. The summed E-state index contributed by atoms with van der Waals surface area (Å²) in [6, 6.07) is 12.1. The van der Waals surface area contributed by atoms with Crippen molar-refractivity contribution in [2.24, 2.45) is 0 Å². The number of hydrogen-bond acceptors (Lipinski definition) is 5. The second-order valence-corrected chi connectivity index (χ2v) is 6.03. The highest BCUT2D eigenvalue weighted by molar-refractivity contribution is 9.11. The Balaban J connectivity index is 2.01. The first kappa shape index (κ1) is 17.3. The van der Waals surface area contributed by atoms with Gasteiger partial charge in [-0.3, -0.25) is 0 Å². The van der Waals surface area contributed by atoms with Crippen molar-refractivity contribution in [2.75, 3.05) is 13.7 Å². The lowest BCUT2D eigenvalue weighted by atomic mass is 10.2. The van der Waals surface area contributed by atoms with E-state index in [0.29, 0.717) is 31.8 Å². The van der Waals surface area contributed by atoms with E-state index in [-0.39, 0.29) is 6.61 Å². The molecule has 0 spiro atoms. The van der Waals surface area contributed by atoms with E-state index in [4.69, 9.17) is 19.5 Å². The molecule has 0 saturated carbocycles. The number of methoxy groups -OCH3 is 1. The molecule has 0 aliphatic heterocycles. The number of nitriles is 1. The van der Waals surface area contributed by atoms with Gasteiger partial charge in [0.15, 0.2) is 12.4 Å². The van der Waals surface area contributed by atoms with E-state index in [0.717, 1.165) is 0 Å². The summed E-state index contributed by atoms with van der Waals surface area (Å²) in [7, 11) is 1.55. The predicted molar refractivity (Wildman–Crippen MR) is 90.7 cm³/mol. The van der Waals surface area contributed by atoms with Crippen molar-refractivity contribution >= 4 is 37.8 Å². The summed E-state index contributed by atoms with van der Waals surface area (Å²) in [6.45, 7) is -0.258. The zero-order valence-corrected chi connectivity index (χ0v) is 15.2. The number of carbonyl (C=O) groups is 1. The Hall–Kier alpha value is -2.04. The molecule has 7 heteroatoms. The normalized spacial score (nSPS) is 9.83. The number of halogens is 2. The van der Waals surface area contributed by atoms with Gasteiger partial charge in [-0.1, -0.05) is 6.07 Å². The largest absolute Gasteiger partial charge is 0.497 e. The van der Waals surface area contributed by atoms with E-state index >= 15 is 0 Å². The standard InChI is InChI=1S/C16H11Br2NO4/c1-21-11-3-2-4-12(7-11)22-9-15(20)23-16-13(17)5-10(8-19)6-14(16)18/h2-7H,9H2,1H3. The third kappa shape index (κ3) is 4.71. The Morgan fingerprint density at radius 1 is 1.17 bits per heavy atom. The van der Waals surface area contributed by atoms with Crippen molar-refractivity contribution in [2.45, 2.75) is 0 Å². The molecule has 0 aliphatic rings. The number of esters is 1. The third-order valence-electron chi connectivity index (χ3n) is 2.74. The maximum atomic E-state index is 11.9. The van der Waals surface area contributed by atoms with Crippen molar-refractivity contribution in [1.82, 2.24) is 0 Å². The Kier molecular flexibility index (Phi) is 6.02. The van der Waals surface area contributed by atoms with Gasteiger partial charge in [0.05, 0.1) is 27.7 Å². The Morgan fingerprint density at radius 3 is 2.43 bits per heavy atom. The first-order valence-corrected chi connectivity index (χ1v) is 7.98. The highest BCUT2D eigenvalue weighted by Gasteiger charge is 2.14. The minimum absolute atomic E-state index is 0.258. The van der Waals surface area contributed by atoms with E-state index in [2.05, 4.69) is 31.9 Å². The summed E-state index contributed by atoms with van der Waals surface area (Å²) in [5, 5.41) is 8.88. The predicted octanol–water partition coefficient (Wildman–Crippen LogP) is 4.08. The van der Waals surface area contributed by atoms with Gasteiger partial charge in [0.25, 0.3) is 0 Å². The fourth-order valence-electron chi connectivity index (χ4n) is 1.70. The first-order chi connectivity index (χ1) is 11.0. The molecule has 2 aromatic rings. The summed E-state index contributed by atoms with van der Waals surface area (Å²) in [6.07, 6.45) is 0. The van der Waals surface area contributed by atoms with Crippen LogP contribution in [0.3, 0.4) is 0 Å². The summed E-state index contributed by atoms with van der Waals surface area (Å²) in [5.74, 6) is 0.856. The molecule has 118 valence electrons. The molecule has 0 aliphatic carbocycles. The fraction of sp³-hybridized carbons (Fsp3) is 0.125. The average Bonchev–Trinajstić information content (AvgIpc) is 2.56. The number of hydrogen-bond donors (Lipinski definition) is 0. The van der Waals surface area contributed by atoms with Crippen LogP contribution in [-0.4, -0.2) is 19.7 Å². The van der Waals surface area contributed by atoms with Crippen LogP contribution in [0.15, 0.2) is 45.3 Å². The highest BCUT2D eigenvalue weighted by atomic mass is 79.9. The summed E-state index contributed by atoms with van der Waals surface area (Å²) < 4.78 is 16.7. The molecule has 2 rings (SSSR count). The van der Waals surface area contributed by atoms with Gasteiger partial charge >= 0.3 is 5.97 Å². The van der Waals surface area contributed by atoms with Crippen LogP contribution in [0, 0.1) is 11.3 Å². The SMILES string of the molecule is COc1cccc(OCC(=O)Oc2c(Br)cc(C#N)cc2Br)c1. The molecule has 0 N–H and O–H groups in total. The molecule has 0 bridgehead atoms. The highest BCUT2D eigenvalue weighted by Crippen LogP contribution is 2.34. The molecular formula is C16H11Br2NO4. The molecule has 0 aromatic heterocycles. The summed E-state index contributed by atoms with van der Waals surface area (Å²) in [5.41, 5.74) is 0.441. The van der Waals surface area contributed by atoms with Crippen molar-refractivity contribution in [3.8, 4) is 23.3 Å². The number of ether oxygens (including phenoxy) is 3. The van der Waals surface area contributed by atoms with Crippen LogP contribution in [-0.2, 0) is 4.79 Å². The van der Waals surface area contributed by atoms with Crippen LogP contribution in [0.1, 0.15) is 5.56 Å². The number of carbonyl (C=O) groups excluding carboxylic acids is 1. The Labute approximate surface area is 150 Å². The zero-order valence-electron chi connectivity index (χ0n) is 12.0. The van der Waals surface area contributed by atoms with E-state index in [1.807, 2.05) is 6.07 Å². The van der Waals surface area contributed by atoms with Crippen molar-refractivity contribution in [3.63, 3.8) is 0 Å². The van der Waals surface area contributed by atoms with Gasteiger partial charge in [0.2, 0.25) is 0 Å². The molecule has 0 fully saturated rings. The van der Waals surface area contributed by atoms with Gasteiger partial charge in [-0.15, -0.1) is 0 Å². The van der Waals surface area contributed by atoms with E-state index in [1.54, 1.807) is 43.5 Å².